The van der Waals surface area contributed by atoms with Crippen LogP contribution in [-0.4, -0.2) is 43.2 Å². The lowest BCUT2D eigenvalue weighted by Gasteiger charge is -2.24. The van der Waals surface area contributed by atoms with Crippen molar-refractivity contribution in [3.8, 4) is 0 Å². The zero-order chi connectivity index (χ0) is 16.5. The van der Waals surface area contributed by atoms with Crippen molar-refractivity contribution in [3.63, 3.8) is 0 Å². The van der Waals surface area contributed by atoms with Crippen molar-refractivity contribution >= 4 is 32.6 Å². The number of carbonyl (C=O) groups is 1. The first-order valence-electron chi connectivity index (χ1n) is 8.38. The summed E-state index contributed by atoms with van der Waals surface area (Å²) in [7, 11) is 0. The van der Waals surface area contributed by atoms with E-state index in [1.807, 2.05) is 0 Å². The van der Waals surface area contributed by atoms with Crippen molar-refractivity contribution in [2.24, 2.45) is 5.92 Å². The Morgan fingerprint density at radius 2 is 2.17 bits per heavy atom. The van der Waals surface area contributed by atoms with Crippen molar-refractivity contribution in [2.45, 2.75) is 25.3 Å². The lowest BCUT2D eigenvalue weighted by atomic mass is 10.1. The fourth-order valence-electron chi connectivity index (χ4n) is 3.33. The Balaban J connectivity index is 1.40. The van der Waals surface area contributed by atoms with E-state index in [-0.39, 0.29) is 23.7 Å². The van der Waals surface area contributed by atoms with E-state index in [4.69, 9.17) is 4.74 Å². The molecule has 4 rings (SSSR count). The molecule has 1 aromatic heterocycles. The van der Waals surface area contributed by atoms with Crippen LogP contribution in [0.1, 0.15) is 19.3 Å². The first-order chi connectivity index (χ1) is 11.7. The van der Waals surface area contributed by atoms with Gasteiger partial charge >= 0.3 is 0 Å². The summed E-state index contributed by atoms with van der Waals surface area (Å²) in [5.41, 5.74) is 0.812. The molecule has 0 radical (unpaired) electrons. The number of thiazole rings is 1. The Bertz CT molecular complexity index is 745. The van der Waals surface area contributed by atoms with Crippen LogP contribution >= 0.6 is 11.3 Å². The molecule has 2 saturated heterocycles. The predicted octanol–water partition coefficient (Wildman–Crippen LogP) is 2.56. The Morgan fingerprint density at radius 1 is 1.33 bits per heavy atom. The molecule has 0 spiro atoms. The molecule has 128 valence electrons. The summed E-state index contributed by atoms with van der Waals surface area (Å²) >= 11 is 1.48. The first-order valence-corrected chi connectivity index (χ1v) is 9.20. The molecule has 1 amide bonds. The van der Waals surface area contributed by atoms with Crippen LogP contribution in [0.4, 0.5) is 9.52 Å². The lowest BCUT2D eigenvalue weighted by Crippen LogP contribution is -2.42. The highest BCUT2D eigenvalue weighted by atomic mass is 32.1. The van der Waals surface area contributed by atoms with E-state index in [1.54, 1.807) is 6.07 Å². The van der Waals surface area contributed by atoms with Crippen LogP contribution < -0.4 is 10.2 Å². The van der Waals surface area contributed by atoms with E-state index in [1.165, 1.54) is 23.5 Å². The molecule has 1 aromatic carbocycles. The van der Waals surface area contributed by atoms with Crippen LogP contribution in [0, 0.1) is 11.7 Å². The Labute approximate surface area is 143 Å². The van der Waals surface area contributed by atoms with E-state index in [0.29, 0.717) is 6.54 Å². The van der Waals surface area contributed by atoms with Crippen LogP contribution in [0.25, 0.3) is 10.2 Å². The van der Waals surface area contributed by atoms with Crippen LogP contribution in [-0.2, 0) is 9.53 Å². The third kappa shape index (κ3) is 3.23. The number of rotatable bonds is 3. The van der Waals surface area contributed by atoms with E-state index < -0.39 is 0 Å². The number of benzene rings is 1. The van der Waals surface area contributed by atoms with Gasteiger partial charge in [0.15, 0.2) is 5.13 Å². The zero-order valence-corrected chi connectivity index (χ0v) is 14.2. The Kier molecular flexibility index (Phi) is 4.37. The molecule has 0 aliphatic carbocycles. The van der Waals surface area contributed by atoms with Crippen molar-refractivity contribution < 1.29 is 13.9 Å². The van der Waals surface area contributed by atoms with Gasteiger partial charge in [0.2, 0.25) is 5.91 Å². The molecule has 5 nitrogen and oxygen atoms in total. The molecule has 0 saturated carbocycles. The highest BCUT2D eigenvalue weighted by Crippen LogP contribution is 2.32. The standard InChI is InChI=1S/C17H20FN3O2S/c18-12-1-2-14-15(9-12)24-17(20-14)21-6-3-11(10-21)16(22)19-13-4-7-23-8-5-13/h1-2,9,11,13H,3-8,10H2,(H,19,22). The van der Waals surface area contributed by atoms with Gasteiger partial charge in [-0.3, -0.25) is 4.79 Å². The fraction of sp³-hybridized carbons (Fsp3) is 0.529. The Hall–Kier alpha value is -1.73. The average Bonchev–Trinajstić information content (AvgIpc) is 3.22. The van der Waals surface area contributed by atoms with E-state index in [0.717, 1.165) is 54.4 Å². The van der Waals surface area contributed by atoms with Crippen molar-refractivity contribution in [1.82, 2.24) is 10.3 Å². The van der Waals surface area contributed by atoms with Crippen molar-refractivity contribution in [2.75, 3.05) is 31.2 Å². The molecule has 2 aliphatic heterocycles. The molecule has 0 bridgehead atoms. The third-order valence-electron chi connectivity index (χ3n) is 4.74. The summed E-state index contributed by atoms with van der Waals surface area (Å²) in [6.07, 6.45) is 2.62. The first kappa shape index (κ1) is 15.8. The molecule has 24 heavy (non-hydrogen) atoms. The summed E-state index contributed by atoms with van der Waals surface area (Å²) in [5.74, 6) is -0.110. The quantitative estimate of drug-likeness (QED) is 0.925. The number of amides is 1. The molecule has 2 aliphatic rings. The third-order valence-corrected chi connectivity index (χ3v) is 5.82. The van der Waals surface area contributed by atoms with Gasteiger partial charge < -0.3 is 15.0 Å². The number of nitrogens with one attached hydrogen (secondary N) is 1. The molecule has 2 fully saturated rings. The van der Waals surface area contributed by atoms with Gasteiger partial charge in [0.05, 0.1) is 16.1 Å². The lowest BCUT2D eigenvalue weighted by molar-refractivity contribution is -0.125. The fourth-order valence-corrected chi connectivity index (χ4v) is 4.36. The number of aromatic nitrogens is 1. The van der Waals surface area contributed by atoms with Crippen LogP contribution in [0.15, 0.2) is 18.2 Å². The summed E-state index contributed by atoms with van der Waals surface area (Å²) in [5, 5.41) is 4.03. The molecular weight excluding hydrogens is 329 g/mol. The Morgan fingerprint density at radius 3 is 3.00 bits per heavy atom. The summed E-state index contributed by atoms with van der Waals surface area (Å²) in [6.45, 7) is 2.94. The van der Waals surface area contributed by atoms with Gasteiger partial charge in [-0.25, -0.2) is 9.37 Å². The molecule has 7 heteroatoms. The maximum Gasteiger partial charge on any atom is 0.225 e. The minimum absolute atomic E-state index is 0.00315. The molecule has 1 atom stereocenters. The monoisotopic (exact) mass is 349 g/mol. The minimum atomic E-state index is -0.243. The van der Waals surface area contributed by atoms with Crippen molar-refractivity contribution in [3.05, 3.63) is 24.0 Å². The van der Waals surface area contributed by atoms with Crippen molar-refractivity contribution in [1.29, 1.82) is 0 Å². The highest BCUT2D eigenvalue weighted by Gasteiger charge is 2.31. The maximum atomic E-state index is 13.3. The molecule has 1 unspecified atom stereocenters. The topological polar surface area (TPSA) is 54.5 Å². The number of halogens is 1. The van der Waals surface area contributed by atoms with Crippen LogP contribution in [0.2, 0.25) is 0 Å². The number of anilines is 1. The second kappa shape index (κ2) is 6.64. The average molecular weight is 349 g/mol. The van der Waals surface area contributed by atoms with E-state index >= 15 is 0 Å². The summed E-state index contributed by atoms with van der Waals surface area (Å²) in [4.78, 5) is 19.2. The van der Waals surface area contributed by atoms with Gasteiger partial charge in [-0.05, 0) is 37.5 Å². The number of hydrogen-bond acceptors (Lipinski definition) is 5. The van der Waals surface area contributed by atoms with E-state index in [2.05, 4.69) is 15.2 Å². The smallest absolute Gasteiger partial charge is 0.225 e. The molecular formula is C17H20FN3O2S. The van der Waals surface area contributed by atoms with Gasteiger partial charge in [0.25, 0.3) is 0 Å². The number of fused-ring (bicyclic) bond motifs is 1. The highest BCUT2D eigenvalue weighted by molar-refractivity contribution is 7.22. The van der Waals surface area contributed by atoms with Crippen LogP contribution in [0.3, 0.4) is 0 Å². The second-order valence-corrected chi connectivity index (χ2v) is 7.44. The number of ether oxygens (including phenoxy) is 1. The summed E-state index contributed by atoms with van der Waals surface area (Å²) < 4.78 is 19.5. The second-order valence-electron chi connectivity index (χ2n) is 6.44. The minimum Gasteiger partial charge on any atom is -0.381 e. The molecule has 2 aromatic rings. The molecule has 3 heterocycles. The summed E-state index contributed by atoms with van der Waals surface area (Å²) in [6, 6.07) is 4.89. The SMILES string of the molecule is O=C(NC1CCOCC1)C1CCN(c2nc3ccc(F)cc3s2)C1. The predicted molar refractivity (Wildman–Crippen MR) is 91.9 cm³/mol. The van der Waals surface area contributed by atoms with Gasteiger partial charge in [0.1, 0.15) is 5.82 Å². The van der Waals surface area contributed by atoms with Gasteiger partial charge in [-0.2, -0.15) is 0 Å². The van der Waals surface area contributed by atoms with E-state index in [9.17, 15) is 9.18 Å². The zero-order valence-electron chi connectivity index (χ0n) is 13.3. The van der Waals surface area contributed by atoms with Crippen LogP contribution in [0.5, 0.6) is 0 Å². The molecule has 1 N–H and O–H groups in total. The van der Waals surface area contributed by atoms with Gasteiger partial charge in [0, 0.05) is 32.3 Å². The van der Waals surface area contributed by atoms with Gasteiger partial charge in [-0.1, -0.05) is 11.3 Å². The number of hydrogen-bond donors (Lipinski definition) is 1. The largest absolute Gasteiger partial charge is 0.381 e. The normalized spacial score (nSPS) is 22.2. The number of nitrogens with zero attached hydrogens (tertiary/aromatic N) is 2. The van der Waals surface area contributed by atoms with Gasteiger partial charge in [-0.15, -0.1) is 0 Å². The maximum absolute atomic E-state index is 13.3. The number of carbonyl (C=O) groups excluding carboxylic acids is 1.